The predicted octanol–water partition coefficient (Wildman–Crippen LogP) is 2.27. The van der Waals surface area contributed by atoms with Crippen molar-refractivity contribution < 1.29 is 23.9 Å². The maximum Gasteiger partial charge on any atom is 0.331 e. The molecule has 0 bridgehead atoms. The summed E-state index contributed by atoms with van der Waals surface area (Å²) in [6.45, 7) is 5.56. The molecule has 0 aromatic heterocycles. The van der Waals surface area contributed by atoms with Crippen LogP contribution in [0, 0.1) is 0 Å². The molecule has 1 aromatic carbocycles. The predicted molar refractivity (Wildman–Crippen MR) is 94.0 cm³/mol. The highest BCUT2D eigenvalue weighted by Crippen LogP contribution is 2.19. The van der Waals surface area contributed by atoms with Gasteiger partial charge in [0.05, 0.1) is 6.61 Å². The number of carbonyl (C=O) groups is 3. The Balaban J connectivity index is 2.44. The molecule has 7 nitrogen and oxygen atoms in total. The van der Waals surface area contributed by atoms with E-state index in [9.17, 15) is 14.4 Å². The summed E-state index contributed by atoms with van der Waals surface area (Å²) >= 11 is 0. The zero-order valence-electron chi connectivity index (χ0n) is 14.7. The average molecular weight is 348 g/mol. The quantitative estimate of drug-likeness (QED) is 0.555. The van der Waals surface area contributed by atoms with Gasteiger partial charge in [0.15, 0.2) is 6.61 Å². The number of nitrogens with one attached hydrogen (secondary N) is 2. The minimum absolute atomic E-state index is 0.0521. The first-order chi connectivity index (χ1) is 12.0. The Bertz CT molecular complexity index is 628. The van der Waals surface area contributed by atoms with Crippen LogP contribution in [0.3, 0.4) is 0 Å². The minimum atomic E-state index is -0.697. The van der Waals surface area contributed by atoms with E-state index in [0.717, 1.165) is 12.0 Å². The van der Waals surface area contributed by atoms with Gasteiger partial charge in [-0.1, -0.05) is 25.1 Å². The van der Waals surface area contributed by atoms with Crippen LogP contribution < -0.4 is 15.4 Å². The summed E-state index contributed by atoms with van der Waals surface area (Å²) in [5.41, 5.74) is 0.721. The highest BCUT2D eigenvalue weighted by Gasteiger charge is 2.11. The van der Waals surface area contributed by atoms with Crippen LogP contribution in [0.2, 0.25) is 0 Å². The van der Waals surface area contributed by atoms with Gasteiger partial charge in [0.25, 0.3) is 5.91 Å². The van der Waals surface area contributed by atoms with Crippen molar-refractivity contribution in [3.63, 3.8) is 0 Å². The van der Waals surface area contributed by atoms with Gasteiger partial charge in [-0.3, -0.25) is 10.1 Å². The molecule has 0 spiro atoms. The Kier molecular flexibility index (Phi) is 8.78. The maximum absolute atomic E-state index is 11.7. The molecular weight excluding hydrogens is 324 g/mol. The zero-order valence-corrected chi connectivity index (χ0v) is 14.7. The lowest BCUT2D eigenvalue weighted by molar-refractivity contribution is -0.143. The fourth-order valence-electron chi connectivity index (χ4n) is 1.77. The van der Waals surface area contributed by atoms with Crippen LogP contribution in [0.5, 0.6) is 5.75 Å². The van der Waals surface area contributed by atoms with Crippen LogP contribution in [0.4, 0.5) is 4.79 Å². The minimum Gasteiger partial charge on any atom is -0.493 e. The van der Waals surface area contributed by atoms with E-state index in [2.05, 4.69) is 10.6 Å². The standard InChI is InChI=1S/C18H24N2O5/c1-4-13(3)19-18(23)20-16(21)12-25-17(22)11-10-14-8-6-7-9-15(14)24-5-2/h6-11,13H,4-5,12H2,1-3H3,(H2,19,20,21,23)/b11-10+/t13-/m0/s1. The van der Waals surface area contributed by atoms with E-state index in [0.29, 0.717) is 12.4 Å². The van der Waals surface area contributed by atoms with E-state index < -0.39 is 24.5 Å². The first kappa shape index (κ1) is 20.2. The molecule has 0 heterocycles. The number of ether oxygens (including phenoxy) is 2. The van der Waals surface area contributed by atoms with Crippen molar-refractivity contribution in [3.8, 4) is 5.75 Å². The maximum atomic E-state index is 11.7. The first-order valence-corrected chi connectivity index (χ1v) is 8.13. The van der Waals surface area contributed by atoms with Gasteiger partial charge in [0, 0.05) is 17.7 Å². The molecule has 0 aliphatic heterocycles. The third-order valence-corrected chi connectivity index (χ3v) is 3.21. The van der Waals surface area contributed by atoms with E-state index >= 15 is 0 Å². The van der Waals surface area contributed by atoms with Gasteiger partial charge in [-0.25, -0.2) is 9.59 Å². The Labute approximate surface area is 147 Å². The number of hydrogen-bond acceptors (Lipinski definition) is 5. The van der Waals surface area contributed by atoms with Crippen molar-refractivity contribution in [2.45, 2.75) is 33.2 Å². The molecule has 7 heteroatoms. The largest absolute Gasteiger partial charge is 0.493 e. The second-order valence-corrected chi connectivity index (χ2v) is 5.24. The molecule has 0 unspecified atom stereocenters. The topological polar surface area (TPSA) is 93.7 Å². The number of urea groups is 1. The van der Waals surface area contributed by atoms with Crippen molar-refractivity contribution in [2.24, 2.45) is 0 Å². The SMILES string of the molecule is CCOc1ccccc1/C=C/C(=O)OCC(=O)NC(=O)N[C@@H](C)CC. The van der Waals surface area contributed by atoms with Gasteiger partial charge in [-0.05, 0) is 32.4 Å². The lowest BCUT2D eigenvalue weighted by Gasteiger charge is -2.11. The monoisotopic (exact) mass is 348 g/mol. The summed E-state index contributed by atoms with van der Waals surface area (Å²) in [6.07, 6.45) is 3.48. The lowest BCUT2D eigenvalue weighted by Crippen LogP contribution is -2.44. The number of rotatable bonds is 8. The van der Waals surface area contributed by atoms with E-state index in [1.54, 1.807) is 18.2 Å². The molecule has 136 valence electrons. The second-order valence-electron chi connectivity index (χ2n) is 5.24. The molecule has 0 fully saturated rings. The molecule has 0 radical (unpaired) electrons. The van der Waals surface area contributed by atoms with Crippen molar-refractivity contribution in [3.05, 3.63) is 35.9 Å². The van der Waals surface area contributed by atoms with Crippen LogP contribution >= 0.6 is 0 Å². The number of esters is 1. The molecule has 1 aromatic rings. The smallest absolute Gasteiger partial charge is 0.331 e. The lowest BCUT2D eigenvalue weighted by atomic mass is 10.2. The second kappa shape index (κ2) is 10.9. The Morgan fingerprint density at radius 2 is 1.92 bits per heavy atom. The van der Waals surface area contributed by atoms with Crippen LogP contribution in [0.15, 0.2) is 30.3 Å². The molecule has 0 aliphatic rings. The van der Waals surface area contributed by atoms with Crippen LogP contribution in [0.1, 0.15) is 32.8 Å². The fraction of sp³-hybridized carbons (Fsp3) is 0.389. The fourth-order valence-corrected chi connectivity index (χ4v) is 1.77. The number of amides is 3. The summed E-state index contributed by atoms with van der Waals surface area (Å²) in [5.74, 6) is -0.741. The zero-order chi connectivity index (χ0) is 18.7. The third-order valence-electron chi connectivity index (χ3n) is 3.21. The Morgan fingerprint density at radius 3 is 2.60 bits per heavy atom. The van der Waals surface area contributed by atoms with Gasteiger partial charge in [-0.2, -0.15) is 0 Å². The normalized spacial score (nSPS) is 11.6. The van der Waals surface area contributed by atoms with Crippen molar-refractivity contribution in [1.29, 1.82) is 0 Å². The van der Waals surface area contributed by atoms with Crippen molar-refractivity contribution in [1.82, 2.24) is 10.6 Å². The van der Waals surface area contributed by atoms with Crippen LogP contribution in [-0.2, 0) is 14.3 Å². The number of hydrogen-bond donors (Lipinski definition) is 2. The average Bonchev–Trinajstić information content (AvgIpc) is 2.59. The number of imide groups is 1. The van der Waals surface area contributed by atoms with Crippen LogP contribution in [0.25, 0.3) is 6.08 Å². The van der Waals surface area contributed by atoms with Gasteiger partial charge >= 0.3 is 12.0 Å². The number of benzene rings is 1. The van der Waals surface area contributed by atoms with E-state index in [4.69, 9.17) is 9.47 Å². The van der Waals surface area contributed by atoms with E-state index in [-0.39, 0.29) is 6.04 Å². The molecule has 1 rings (SSSR count). The molecule has 2 N–H and O–H groups in total. The molecular formula is C18H24N2O5. The third kappa shape index (κ3) is 8.01. The van der Waals surface area contributed by atoms with Crippen molar-refractivity contribution in [2.75, 3.05) is 13.2 Å². The molecule has 0 saturated heterocycles. The Hall–Kier alpha value is -2.83. The highest BCUT2D eigenvalue weighted by molar-refractivity contribution is 5.96. The highest BCUT2D eigenvalue weighted by atomic mass is 16.5. The number of carbonyl (C=O) groups excluding carboxylic acids is 3. The van der Waals surface area contributed by atoms with Gasteiger partial charge in [0.1, 0.15) is 5.75 Å². The van der Waals surface area contributed by atoms with E-state index in [1.165, 1.54) is 6.08 Å². The molecule has 0 saturated carbocycles. The summed E-state index contributed by atoms with van der Waals surface area (Å²) in [5, 5.41) is 4.66. The molecule has 3 amide bonds. The van der Waals surface area contributed by atoms with Crippen LogP contribution in [-0.4, -0.2) is 37.2 Å². The van der Waals surface area contributed by atoms with Crippen molar-refractivity contribution >= 4 is 24.0 Å². The first-order valence-electron chi connectivity index (χ1n) is 8.13. The van der Waals surface area contributed by atoms with Gasteiger partial charge < -0.3 is 14.8 Å². The Morgan fingerprint density at radius 1 is 1.20 bits per heavy atom. The molecule has 1 atom stereocenters. The van der Waals surface area contributed by atoms with Gasteiger partial charge in [-0.15, -0.1) is 0 Å². The summed E-state index contributed by atoms with van der Waals surface area (Å²) in [4.78, 5) is 34.7. The summed E-state index contributed by atoms with van der Waals surface area (Å²) in [7, 11) is 0. The van der Waals surface area contributed by atoms with Gasteiger partial charge in [0.2, 0.25) is 0 Å². The number of para-hydroxylation sites is 1. The summed E-state index contributed by atoms with van der Waals surface area (Å²) in [6, 6.07) is 6.56. The molecule has 0 aliphatic carbocycles. The van der Waals surface area contributed by atoms with E-state index in [1.807, 2.05) is 32.9 Å². The summed E-state index contributed by atoms with van der Waals surface area (Å²) < 4.78 is 10.2. The molecule has 25 heavy (non-hydrogen) atoms.